The molecule has 0 spiro atoms. The number of amides is 2. The summed E-state index contributed by atoms with van der Waals surface area (Å²) in [4.78, 5) is 40.8. The minimum Gasteiger partial charge on any atom is -0.307 e. The third-order valence-electron chi connectivity index (χ3n) is 12.0. The maximum atomic E-state index is 16.1. The number of hydrogen-bond donors (Lipinski definition) is 0. The fraction of sp³-hybridized carbons (Fsp3) is 0.240. The van der Waals surface area contributed by atoms with Crippen molar-refractivity contribution in [1.29, 1.82) is 0 Å². The quantitative estimate of drug-likeness (QED) is 0.106. The molecule has 2 amide bonds. The third kappa shape index (κ3) is 6.84. The topological polar surface area (TPSA) is 47.1 Å². The molecule has 0 saturated heterocycles. The van der Waals surface area contributed by atoms with Crippen LogP contribution in [0, 0.1) is 0 Å². The zero-order chi connectivity index (χ0) is 38.5. The lowest BCUT2D eigenvalue weighted by Crippen LogP contribution is -2.61. The summed E-state index contributed by atoms with van der Waals surface area (Å²) in [5.74, 6) is -0.0165. The summed E-state index contributed by atoms with van der Waals surface area (Å²) >= 11 is 0. The lowest BCUT2D eigenvalue weighted by Gasteiger charge is -2.46. The average Bonchev–Trinajstić information content (AvgIpc) is 3.62. The zero-order valence-corrected chi connectivity index (χ0v) is 32.4. The third-order valence-corrected chi connectivity index (χ3v) is 12.0. The SMILES string of the molecule is CN(CCC1(C2(CCN(C)Cc3ccccc3)C(=O)N(Cc3ccccc3)c3ccccc32)C(=O)N(Cc2ccccc2)c2ccccc21)Cc1ccccc1. The van der Waals surface area contributed by atoms with Gasteiger partial charge in [-0.05, 0) is 85.5 Å². The van der Waals surface area contributed by atoms with E-state index in [0.717, 1.165) is 46.7 Å². The molecule has 56 heavy (non-hydrogen) atoms. The van der Waals surface area contributed by atoms with Gasteiger partial charge in [0.05, 0.1) is 23.9 Å². The highest BCUT2D eigenvalue weighted by Crippen LogP contribution is 2.61. The van der Waals surface area contributed by atoms with Crippen molar-refractivity contribution >= 4 is 23.2 Å². The molecule has 0 bridgehead atoms. The average molecular weight is 739 g/mol. The Labute approximate surface area is 331 Å². The molecule has 2 unspecified atom stereocenters. The van der Waals surface area contributed by atoms with Gasteiger partial charge in [-0.3, -0.25) is 9.59 Å². The minimum atomic E-state index is -1.20. The molecule has 0 aromatic heterocycles. The van der Waals surface area contributed by atoms with Crippen molar-refractivity contribution in [2.24, 2.45) is 0 Å². The summed E-state index contributed by atoms with van der Waals surface area (Å²) in [5.41, 5.74) is 5.76. The summed E-state index contributed by atoms with van der Waals surface area (Å²) in [6.07, 6.45) is 0.943. The number of fused-ring (bicyclic) bond motifs is 2. The van der Waals surface area contributed by atoms with Crippen molar-refractivity contribution in [2.45, 2.75) is 49.9 Å². The largest absolute Gasteiger partial charge is 0.307 e. The standard InChI is InChI=1S/C50H50N4O2/c1-51(35-39-19-7-3-8-20-39)33-31-49(43-27-15-17-29-45(43)53(47(49)55)37-41-23-11-5-12-24-41)50(32-34-52(2)36-40-21-9-4-10-22-40)44-28-16-18-30-46(44)54(48(50)56)38-42-25-13-6-14-26-42/h3-30H,31-38H2,1-2H3. The molecule has 2 heterocycles. The number of carbonyl (C=O) groups is 2. The van der Waals surface area contributed by atoms with Gasteiger partial charge < -0.3 is 19.6 Å². The highest BCUT2D eigenvalue weighted by Gasteiger charge is 2.70. The fourth-order valence-corrected chi connectivity index (χ4v) is 9.30. The number of para-hydroxylation sites is 2. The normalized spacial score (nSPS) is 18.9. The van der Waals surface area contributed by atoms with Gasteiger partial charge in [0.2, 0.25) is 11.8 Å². The number of anilines is 2. The summed E-state index contributed by atoms with van der Waals surface area (Å²) in [6, 6.07) is 57.9. The molecule has 2 aliphatic rings. The van der Waals surface area contributed by atoms with Gasteiger partial charge in [-0.15, -0.1) is 0 Å². The minimum absolute atomic E-state index is 0.00825. The van der Waals surface area contributed by atoms with Crippen LogP contribution in [0.2, 0.25) is 0 Å². The van der Waals surface area contributed by atoms with E-state index < -0.39 is 10.8 Å². The Morgan fingerprint density at radius 2 is 0.714 bits per heavy atom. The van der Waals surface area contributed by atoms with E-state index in [0.29, 0.717) is 39.0 Å². The van der Waals surface area contributed by atoms with Crippen molar-refractivity contribution in [2.75, 3.05) is 37.0 Å². The summed E-state index contributed by atoms with van der Waals surface area (Å²) in [5, 5.41) is 0. The van der Waals surface area contributed by atoms with Crippen LogP contribution in [0.25, 0.3) is 0 Å². The van der Waals surface area contributed by atoms with E-state index in [4.69, 9.17) is 0 Å². The van der Waals surface area contributed by atoms with Crippen molar-refractivity contribution < 1.29 is 9.59 Å². The molecule has 6 aromatic rings. The molecule has 2 atom stereocenters. The molecular formula is C50H50N4O2. The highest BCUT2D eigenvalue weighted by atomic mass is 16.2. The first kappa shape index (κ1) is 37.1. The maximum Gasteiger partial charge on any atom is 0.239 e. The molecule has 0 saturated carbocycles. The Balaban J connectivity index is 1.30. The van der Waals surface area contributed by atoms with E-state index in [1.54, 1.807) is 0 Å². The second-order valence-corrected chi connectivity index (χ2v) is 15.5. The number of benzene rings is 6. The number of hydrogen-bond acceptors (Lipinski definition) is 4. The number of nitrogens with zero attached hydrogens (tertiary/aromatic N) is 4. The molecule has 8 rings (SSSR count). The highest BCUT2D eigenvalue weighted by molar-refractivity contribution is 6.18. The van der Waals surface area contributed by atoms with Gasteiger partial charge >= 0.3 is 0 Å². The Bertz CT molecular complexity index is 2100. The fourth-order valence-electron chi connectivity index (χ4n) is 9.30. The zero-order valence-electron chi connectivity index (χ0n) is 32.4. The van der Waals surface area contributed by atoms with E-state index in [1.807, 2.05) is 82.6 Å². The second-order valence-electron chi connectivity index (χ2n) is 15.5. The van der Waals surface area contributed by atoms with Crippen molar-refractivity contribution in [1.82, 2.24) is 9.80 Å². The van der Waals surface area contributed by atoms with Gasteiger partial charge in [-0.2, -0.15) is 0 Å². The van der Waals surface area contributed by atoms with E-state index in [-0.39, 0.29) is 11.8 Å². The molecule has 0 radical (unpaired) electrons. The van der Waals surface area contributed by atoms with E-state index in [9.17, 15) is 0 Å². The van der Waals surface area contributed by atoms with Gasteiger partial charge in [-0.1, -0.05) is 158 Å². The maximum absolute atomic E-state index is 16.1. The molecule has 282 valence electrons. The Kier molecular flexibility index (Phi) is 10.7. The van der Waals surface area contributed by atoms with E-state index in [2.05, 4.69) is 121 Å². The van der Waals surface area contributed by atoms with Crippen LogP contribution in [0.15, 0.2) is 170 Å². The van der Waals surface area contributed by atoms with Crippen LogP contribution in [-0.4, -0.2) is 48.8 Å². The van der Waals surface area contributed by atoms with E-state index >= 15 is 9.59 Å². The molecule has 0 fully saturated rings. The predicted octanol–water partition coefficient (Wildman–Crippen LogP) is 9.00. The Hall–Kier alpha value is -5.82. The van der Waals surface area contributed by atoms with Crippen LogP contribution >= 0.6 is 0 Å². The van der Waals surface area contributed by atoms with Crippen LogP contribution in [0.4, 0.5) is 11.4 Å². The molecule has 0 N–H and O–H groups in total. The van der Waals surface area contributed by atoms with Gasteiger partial charge in [0, 0.05) is 24.5 Å². The molecule has 6 nitrogen and oxygen atoms in total. The number of rotatable bonds is 15. The molecule has 0 aliphatic carbocycles. The molecule has 2 aliphatic heterocycles. The van der Waals surface area contributed by atoms with Crippen LogP contribution in [0.1, 0.15) is 46.2 Å². The van der Waals surface area contributed by atoms with Gasteiger partial charge in [0.1, 0.15) is 0 Å². The van der Waals surface area contributed by atoms with E-state index in [1.165, 1.54) is 11.1 Å². The van der Waals surface area contributed by atoms with Gasteiger partial charge in [-0.25, -0.2) is 0 Å². The second kappa shape index (κ2) is 16.1. The lowest BCUT2D eigenvalue weighted by molar-refractivity contribution is -0.136. The molecule has 6 aromatic carbocycles. The first-order chi connectivity index (χ1) is 27.4. The Morgan fingerprint density at radius 1 is 0.411 bits per heavy atom. The predicted molar refractivity (Wildman–Crippen MR) is 226 cm³/mol. The summed E-state index contributed by atoms with van der Waals surface area (Å²) in [6.45, 7) is 3.54. The monoisotopic (exact) mass is 738 g/mol. The van der Waals surface area contributed by atoms with Crippen LogP contribution in [0.5, 0.6) is 0 Å². The van der Waals surface area contributed by atoms with Crippen molar-refractivity contribution in [3.63, 3.8) is 0 Å². The molecular weight excluding hydrogens is 689 g/mol. The van der Waals surface area contributed by atoms with Crippen LogP contribution in [-0.2, 0) is 46.6 Å². The summed E-state index contributed by atoms with van der Waals surface area (Å²) in [7, 11) is 4.25. The first-order valence-electron chi connectivity index (χ1n) is 19.8. The smallest absolute Gasteiger partial charge is 0.239 e. The number of carbonyl (C=O) groups excluding carboxylic acids is 2. The van der Waals surface area contributed by atoms with Crippen molar-refractivity contribution in [3.05, 3.63) is 203 Å². The van der Waals surface area contributed by atoms with Crippen LogP contribution in [0.3, 0.4) is 0 Å². The summed E-state index contributed by atoms with van der Waals surface area (Å²) < 4.78 is 0. The van der Waals surface area contributed by atoms with Gasteiger partial charge in [0.25, 0.3) is 0 Å². The molecule has 6 heteroatoms. The first-order valence-corrected chi connectivity index (χ1v) is 19.8. The lowest BCUT2D eigenvalue weighted by atomic mass is 9.54. The van der Waals surface area contributed by atoms with Crippen molar-refractivity contribution in [3.8, 4) is 0 Å². The Morgan fingerprint density at radius 3 is 1.07 bits per heavy atom. The van der Waals surface area contributed by atoms with Gasteiger partial charge in [0.15, 0.2) is 0 Å². The van der Waals surface area contributed by atoms with Crippen LogP contribution < -0.4 is 9.80 Å².